The van der Waals surface area contributed by atoms with Crippen molar-refractivity contribution >= 4 is 16.9 Å². The lowest BCUT2D eigenvalue weighted by molar-refractivity contribution is 0.0702. The first kappa shape index (κ1) is 18.2. The molecule has 29 heavy (non-hydrogen) atoms. The molecule has 1 saturated heterocycles. The molecular formula is C22H23FN4O2. The van der Waals surface area contributed by atoms with E-state index in [-0.39, 0.29) is 11.6 Å². The largest absolute Gasteiger partial charge is 0.356 e. The van der Waals surface area contributed by atoms with Crippen LogP contribution < -0.4 is 0 Å². The van der Waals surface area contributed by atoms with Gasteiger partial charge in [0, 0.05) is 30.9 Å². The highest BCUT2D eigenvalue weighted by molar-refractivity contribution is 5.94. The third-order valence-corrected chi connectivity index (χ3v) is 6.15. The molecular weight excluding hydrogens is 371 g/mol. The van der Waals surface area contributed by atoms with Gasteiger partial charge in [0.25, 0.3) is 5.91 Å². The number of para-hydroxylation sites is 1. The minimum Gasteiger partial charge on any atom is -0.356 e. The van der Waals surface area contributed by atoms with E-state index in [1.807, 2.05) is 18.2 Å². The van der Waals surface area contributed by atoms with Crippen LogP contribution in [0.5, 0.6) is 0 Å². The Morgan fingerprint density at radius 3 is 2.76 bits per heavy atom. The molecule has 0 atom stereocenters. The molecule has 4 heterocycles. The predicted octanol–water partition coefficient (Wildman–Crippen LogP) is 3.24. The maximum absolute atomic E-state index is 13.4. The van der Waals surface area contributed by atoms with Crippen LogP contribution >= 0.6 is 0 Å². The van der Waals surface area contributed by atoms with Gasteiger partial charge in [-0.1, -0.05) is 23.4 Å². The SMILES string of the molecule is O=C1c2nc(F)ccc2CCN1CCN1CCC(c2noc3ccccc23)CC1. The molecule has 0 saturated carbocycles. The Morgan fingerprint density at radius 1 is 1.07 bits per heavy atom. The Kier molecular flexibility index (Phi) is 4.75. The summed E-state index contributed by atoms with van der Waals surface area (Å²) in [6.45, 7) is 4.08. The van der Waals surface area contributed by atoms with Gasteiger partial charge in [-0.05, 0) is 56.1 Å². The first-order valence-corrected chi connectivity index (χ1v) is 10.2. The van der Waals surface area contributed by atoms with Gasteiger partial charge in [-0.25, -0.2) is 4.98 Å². The first-order valence-electron chi connectivity index (χ1n) is 10.2. The molecule has 0 N–H and O–H groups in total. The van der Waals surface area contributed by atoms with Crippen LogP contribution in [-0.4, -0.2) is 58.6 Å². The second kappa shape index (κ2) is 7.55. The Bertz CT molecular complexity index is 1040. The van der Waals surface area contributed by atoms with Gasteiger partial charge in [0.05, 0.1) is 5.69 Å². The quantitative estimate of drug-likeness (QED) is 0.636. The van der Waals surface area contributed by atoms with E-state index < -0.39 is 5.95 Å². The Balaban J connectivity index is 1.17. The summed E-state index contributed by atoms with van der Waals surface area (Å²) in [4.78, 5) is 20.6. The molecule has 0 aliphatic carbocycles. The van der Waals surface area contributed by atoms with Gasteiger partial charge in [0.15, 0.2) is 5.58 Å². The van der Waals surface area contributed by atoms with Crippen LogP contribution in [0.4, 0.5) is 4.39 Å². The summed E-state index contributed by atoms with van der Waals surface area (Å²) < 4.78 is 18.9. The number of nitrogens with zero attached hydrogens (tertiary/aromatic N) is 4. The molecule has 5 rings (SSSR count). The number of halogens is 1. The van der Waals surface area contributed by atoms with Gasteiger partial charge in [0.1, 0.15) is 5.69 Å². The highest BCUT2D eigenvalue weighted by Gasteiger charge is 2.28. The summed E-state index contributed by atoms with van der Waals surface area (Å²) in [5.41, 5.74) is 3.02. The van der Waals surface area contributed by atoms with Crippen molar-refractivity contribution in [3.05, 3.63) is 59.3 Å². The third kappa shape index (κ3) is 3.51. The molecule has 150 valence electrons. The fraction of sp³-hybridized carbons (Fsp3) is 0.409. The highest BCUT2D eigenvalue weighted by atomic mass is 19.1. The third-order valence-electron chi connectivity index (χ3n) is 6.15. The number of likely N-dealkylation sites (tertiary alicyclic amines) is 1. The number of hydrogen-bond acceptors (Lipinski definition) is 5. The van der Waals surface area contributed by atoms with Crippen LogP contribution in [0.1, 0.15) is 40.5 Å². The topological polar surface area (TPSA) is 62.5 Å². The fourth-order valence-corrected chi connectivity index (χ4v) is 4.46. The van der Waals surface area contributed by atoms with E-state index in [1.54, 1.807) is 11.0 Å². The zero-order valence-electron chi connectivity index (χ0n) is 16.2. The Morgan fingerprint density at radius 2 is 1.90 bits per heavy atom. The molecule has 2 aliphatic heterocycles. The van der Waals surface area contributed by atoms with E-state index >= 15 is 0 Å². The van der Waals surface area contributed by atoms with Gasteiger partial charge in [0.2, 0.25) is 5.95 Å². The smallest absolute Gasteiger partial charge is 0.272 e. The van der Waals surface area contributed by atoms with Crippen LogP contribution in [-0.2, 0) is 6.42 Å². The van der Waals surface area contributed by atoms with Crippen molar-refractivity contribution in [1.82, 2.24) is 19.9 Å². The van der Waals surface area contributed by atoms with E-state index in [0.29, 0.717) is 19.0 Å². The summed E-state index contributed by atoms with van der Waals surface area (Å²) in [6, 6.07) is 11.0. The van der Waals surface area contributed by atoms with E-state index in [0.717, 1.165) is 61.1 Å². The molecule has 0 radical (unpaired) electrons. The summed E-state index contributed by atoms with van der Waals surface area (Å²) >= 11 is 0. The van der Waals surface area contributed by atoms with Crippen LogP contribution in [0.25, 0.3) is 11.0 Å². The lowest BCUT2D eigenvalue weighted by atomic mass is 9.91. The van der Waals surface area contributed by atoms with Gasteiger partial charge in [-0.3, -0.25) is 4.79 Å². The van der Waals surface area contributed by atoms with Crippen LogP contribution in [0, 0.1) is 5.95 Å². The second-order valence-corrected chi connectivity index (χ2v) is 7.86. The number of aromatic nitrogens is 2. The lowest BCUT2D eigenvalue weighted by Gasteiger charge is -2.34. The number of pyridine rings is 1. The van der Waals surface area contributed by atoms with E-state index in [2.05, 4.69) is 21.1 Å². The van der Waals surface area contributed by atoms with Gasteiger partial charge >= 0.3 is 0 Å². The number of carbonyl (C=O) groups excluding carboxylic acids is 1. The summed E-state index contributed by atoms with van der Waals surface area (Å²) in [7, 11) is 0. The number of amides is 1. The molecule has 1 aromatic carbocycles. The van der Waals surface area contributed by atoms with Gasteiger partial charge in [-0.15, -0.1) is 0 Å². The summed E-state index contributed by atoms with van der Waals surface area (Å²) in [5, 5.41) is 5.43. The molecule has 2 aliphatic rings. The van der Waals surface area contributed by atoms with Crippen molar-refractivity contribution in [2.24, 2.45) is 0 Å². The normalized spacial score (nSPS) is 18.4. The number of benzene rings is 1. The van der Waals surface area contributed by atoms with Crippen molar-refractivity contribution in [2.45, 2.75) is 25.2 Å². The van der Waals surface area contributed by atoms with Crippen molar-refractivity contribution < 1.29 is 13.7 Å². The van der Waals surface area contributed by atoms with Gasteiger partial charge < -0.3 is 14.3 Å². The molecule has 6 nitrogen and oxygen atoms in total. The van der Waals surface area contributed by atoms with E-state index in [9.17, 15) is 9.18 Å². The lowest BCUT2D eigenvalue weighted by Crippen LogP contribution is -2.44. The minimum absolute atomic E-state index is 0.158. The van der Waals surface area contributed by atoms with Crippen molar-refractivity contribution in [1.29, 1.82) is 0 Å². The molecule has 0 spiro atoms. The summed E-state index contributed by atoms with van der Waals surface area (Å²) in [5.74, 6) is -0.346. The van der Waals surface area contributed by atoms with Gasteiger partial charge in [-0.2, -0.15) is 4.39 Å². The zero-order valence-corrected chi connectivity index (χ0v) is 16.2. The number of fused-ring (bicyclic) bond motifs is 2. The minimum atomic E-state index is -0.596. The number of rotatable bonds is 4. The second-order valence-electron chi connectivity index (χ2n) is 7.86. The molecule has 7 heteroatoms. The Labute approximate surface area is 168 Å². The maximum atomic E-state index is 13.4. The summed E-state index contributed by atoms with van der Waals surface area (Å²) in [6.07, 6.45) is 2.79. The standard InChI is InChI=1S/C22H23FN4O2/c23-19-6-5-15-9-12-27(22(28)21(15)24-19)14-13-26-10-7-16(8-11-26)20-17-3-1-2-4-18(17)29-25-20/h1-6,16H,7-14H2. The molecule has 0 bridgehead atoms. The molecule has 2 aromatic heterocycles. The van der Waals surface area contributed by atoms with Crippen molar-refractivity contribution in [3.63, 3.8) is 0 Å². The molecule has 1 fully saturated rings. The van der Waals surface area contributed by atoms with Crippen molar-refractivity contribution in [3.8, 4) is 0 Å². The highest BCUT2D eigenvalue weighted by Crippen LogP contribution is 2.32. The average Bonchev–Trinajstić information content (AvgIpc) is 3.18. The number of carbonyl (C=O) groups is 1. The van der Waals surface area contributed by atoms with Crippen LogP contribution in [0.2, 0.25) is 0 Å². The number of hydrogen-bond donors (Lipinski definition) is 0. The van der Waals surface area contributed by atoms with Crippen LogP contribution in [0.15, 0.2) is 40.9 Å². The number of piperidine rings is 1. The molecule has 0 unspecified atom stereocenters. The maximum Gasteiger partial charge on any atom is 0.272 e. The monoisotopic (exact) mass is 394 g/mol. The first-order chi connectivity index (χ1) is 14.2. The van der Waals surface area contributed by atoms with Crippen molar-refractivity contribution in [2.75, 3.05) is 32.7 Å². The Hall–Kier alpha value is -2.80. The average molecular weight is 394 g/mol. The zero-order chi connectivity index (χ0) is 19.8. The van der Waals surface area contributed by atoms with Crippen LogP contribution in [0.3, 0.4) is 0 Å². The predicted molar refractivity (Wildman–Crippen MR) is 106 cm³/mol. The molecule has 1 amide bonds. The van der Waals surface area contributed by atoms with E-state index in [4.69, 9.17) is 4.52 Å². The fourth-order valence-electron chi connectivity index (χ4n) is 4.46. The van der Waals surface area contributed by atoms with E-state index in [1.165, 1.54) is 6.07 Å². The molecule has 3 aromatic rings.